The Balaban J connectivity index is 2.25. The highest BCUT2D eigenvalue weighted by Gasteiger charge is 2.14. The molecule has 104 valence electrons. The van der Waals surface area contributed by atoms with Crippen LogP contribution >= 0.6 is 0 Å². The van der Waals surface area contributed by atoms with E-state index in [0.717, 1.165) is 0 Å². The summed E-state index contributed by atoms with van der Waals surface area (Å²) in [5, 5.41) is 0. The number of halogens is 1. The highest BCUT2D eigenvalue weighted by molar-refractivity contribution is 6.00. The largest absolute Gasteiger partial charge is 0.497 e. The number of hydrogen-bond donors (Lipinski definition) is 0. The Bertz CT molecular complexity index is 623. The molecule has 0 unspecified atom stereocenters. The van der Waals surface area contributed by atoms with Gasteiger partial charge in [0.15, 0.2) is 5.78 Å². The number of hydrogen-bond acceptors (Lipinski definition) is 3. The van der Waals surface area contributed by atoms with Crippen molar-refractivity contribution in [3.05, 3.63) is 59.4 Å². The standard InChI is InChI=1S/C16H15FO3/c1-19-13-6-7-14(16(10-13)20-2)15(18)9-11-4-3-5-12(17)8-11/h3-8,10H,9H2,1-2H3. The van der Waals surface area contributed by atoms with E-state index in [2.05, 4.69) is 0 Å². The van der Waals surface area contributed by atoms with E-state index >= 15 is 0 Å². The van der Waals surface area contributed by atoms with Crippen LogP contribution in [0.25, 0.3) is 0 Å². The molecular weight excluding hydrogens is 259 g/mol. The fourth-order valence-corrected chi connectivity index (χ4v) is 1.96. The van der Waals surface area contributed by atoms with Crippen LogP contribution in [-0.2, 0) is 6.42 Å². The van der Waals surface area contributed by atoms with Crippen LogP contribution in [0.5, 0.6) is 11.5 Å². The van der Waals surface area contributed by atoms with Crippen LogP contribution in [0, 0.1) is 5.82 Å². The van der Waals surface area contributed by atoms with Gasteiger partial charge in [-0.1, -0.05) is 12.1 Å². The van der Waals surface area contributed by atoms with Crippen LogP contribution in [0.3, 0.4) is 0 Å². The molecular formula is C16H15FO3. The van der Waals surface area contributed by atoms with E-state index in [1.54, 1.807) is 37.4 Å². The van der Waals surface area contributed by atoms with Crippen LogP contribution in [-0.4, -0.2) is 20.0 Å². The first-order chi connectivity index (χ1) is 9.63. The van der Waals surface area contributed by atoms with E-state index < -0.39 is 0 Å². The molecule has 0 aliphatic rings. The molecule has 0 fully saturated rings. The molecule has 0 aromatic heterocycles. The molecule has 20 heavy (non-hydrogen) atoms. The monoisotopic (exact) mass is 274 g/mol. The van der Waals surface area contributed by atoms with E-state index in [1.807, 2.05) is 0 Å². The highest BCUT2D eigenvalue weighted by Crippen LogP contribution is 2.25. The predicted molar refractivity (Wildman–Crippen MR) is 74.0 cm³/mol. The van der Waals surface area contributed by atoms with Crippen molar-refractivity contribution in [1.29, 1.82) is 0 Å². The maximum Gasteiger partial charge on any atom is 0.170 e. The summed E-state index contributed by atoms with van der Waals surface area (Å²) >= 11 is 0. The van der Waals surface area contributed by atoms with Gasteiger partial charge in [0.25, 0.3) is 0 Å². The Morgan fingerprint density at radius 1 is 1.10 bits per heavy atom. The smallest absolute Gasteiger partial charge is 0.170 e. The summed E-state index contributed by atoms with van der Waals surface area (Å²) in [5.41, 5.74) is 1.09. The lowest BCUT2D eigenvalue weighted by atomic mass is 10.0. The van der Waals surface area contributed by atoms with Crippen molar-refractivity contribution in [3.63, 3.8) is 0 Å². The number of ketones is 1. The first-order valence-corrected chi connectivity index (χ1v) is 6.13. The minimum atomic E-state index is -0.350. The normalized spacial score (nSPS) is 10.2. The van der Waals surface area contributed by atoms with Crippen molar-refractivity contribution < 1.29 is 18.7 Å². The molecule has 3 nitrogen and oxygen atoms in total. The highest BCUT2D eigenvalue weighted by atomic mass is 19.1. The fourth-order valence-electron chi connectivity index (χ4n) is 1.96. The van der Waals surface area contributed by atoms with Gasteiger partial charge in [-0.05, 0) is 29.8 Å². The molecule has 0 radical (unpaired) electrons. The molecule has 0 saturated carbocycles. The topological polar surface area (TPSA) is 35.5 Å². The zero-order chi connectivity index (χ0) is 14.5. The Morgan fingerprint density at radius 2 is 1.90 bits per heavy atom. The van der Waals surface area contributed by atoms with Crippen molar-refractivity contribution in [2.24, 2.45) is 0 Å². The van der Waals surface area contributed by atoms with Crippen molar-refractivity contribution in [2.45, 2.75) is 6.42 Å². The van der Waals surface area contributed by atoms with Crippen LogP contribution in [0.1, 0.15) is 15.9 Å². The average Bonchev–Trinajstić information content (AvgIpc) is 2.46. The van der Waals surface area contributed by atoms with Gasteiger partial charge in [-0.2, -0.15) is 0 Å². The van der Waals surface area contributed by atoms with Crippen molar-refractivity contribution in [3.8, 4) is 11.5 Å². The second-order valence-corrected chi connectivity index (χ2v) is 4.30. The van der Waals surface area contributed by atoms with E-state index in [-0.39, 0.29) is 18.0 Å². The number of ether oxygens (including phenoxy) is 2. The Kier molecular flexibility index (Phi) is 4.35. The average molecular weight is 274 g/mol. The molecule has 0 aliphatic carbocycles. The summed E-state index contributed by atoms with van der Waals surface area (Å²) in [5.74, 6) is 0.585. The van der Waals surface area contributed by atoms with Crippen molar-refractivity contribution >= 4 is 5.78 Å². The van der Waals surface area contributed by atoms with E-state index in [1.165, 1.54) is 19.2 Å². The van der Waals surface area contributed by atoms with Gasteiger partial charge in [0.1, 0.15) is 17.3 Å². The van der Waals surface area contributed by atoms with Crippen LogP contribution in [0.4, 0.5) is 4.39 Å². The lowest BCUT2D eigenvalue weighted by Gasteiger charge is -2.09. The third-order valence-electron chi connectivity index (χ3n) is 2.96. The second-order valence-electron chi connectivity index (χ2n) is 4.30. The Labute approximate surface area is 117 Å². The van der Waals surface area contributed by atoms with Gasteiger partial charge in [0.2, 0.25) is 0 Å². The van der Waals surface area contributed by atoms with Crippen LogP contribution in [0.2, 0.25) is 0 Å². The molecule has 4 heteroatoms. The molecule has 2 rings (SSSR count). The van der Waals surface area contributed by atoms with Gasteiger partial charge in [-0.25, -0.2) is 4.39 Å². The molecule has 0 saturated heterocycles. The number of benzene rings is 2. The maximum absolute atomic E-state index is 13.1. The Morgan fingerprint density at radius 3 is 2.55 bits per heavy atom. The Hall–Kier alpha value is -2.36. The molecule has 2 aromatic rings. The minimum Gasteiger partial charge on any atom is -0.497 e. The van der Waals surface area contributed by atoms with Gasteiger partial charge >= 0.3 is 0 Å². The summed E-state index contributed by atoms with van der Waals surface area (Å²) < 4.78 is 23.4. The van der Waals surface area contributed by atoms with Gasteiger partial charge < -0.3 is 9.47 Å². The summed E-state index contributed by atoms with van der Waals surface area (Å²) in [6, 6.07) is 11.0. The lowest BCUT2D eigenvalue weighted by molar-refractivity contribution is 0.0990. The van der Waals surface area contributed by atoms with Crippen LogP contribution < -0.4 is 9.47 Å². The lowest BCUT2D eigenvalue weighted by Crippen LogP contribution is -2.06. The number of carbonyl (C=O) groups is 1. The molecule has 0 atom stereocenters. The van der Waals surface area contributed by atoms with E-state index in [4.69, 9.17) is 9.47 Å². The summed E-state index contributed by atoms with van der Waals surface area (Å²) in [4.78, 5) is 12.3. The quantitative estimate of drug-likeness (QED) is 0.785. The van der Waals surface area contributed by atoms with Gasteiger partial charge in [-0.3, -0.25) is 4.79 Å². The number of carbonyl (C=O) groups excluding carboxylic acids is 1. The molecule has 0 N–H and O–H groups in total. The van der Waals surface area contributed by atoms with Gasteiger partial charge in [0.05, 0.1) is 19.8 Å². The molecule has 0 aliphatic heterocycles. The molecule has 0 spiro atoms. The minimum absolute atomic E-state index is 0.125. The molecule has 0 bridgehead atoms. The van der Waals surface area contributed by atoms with E-state index in [0.29, 0.717) is 22.6 Å². The zero-order valence-corrected chi connectivity index (χ0v) is 11.4. The molecule has 0 heterocycles. The summed E-state index contributed by atoms with van der Waals surface area (Å²) in [7, 11) is 3.04. The molecule has 0 amide bonds. The van der Waals surface area contributed by atoms with E-state index in [9.17, 15) is 9.18 Å². The summed E-state index contributed by atoms with van der Waals surface area (Å²) in [6.45, 7) is 0. The first-order valence-electron chi connectivity index (χ1n) is 6.13. The van der Waals surface area contributed by atoms with Gasteiger partial charge in [0, 0.05) is 12.5 Å². The van der Waals surface area contributed by atoms with Crippen LogP contribution in [0.15, 0.2) is 42.5 Å². The first kappa shape index (κ1) is 14.1. The number of rotatable bonds is 5. The van der Waals surface area contributed by atoms with Gasteiger partial charge in [-0.15, -0.1) is 0 Å². The van der Waals surface area contributed by atoms with Crippen molar-refractivity contribution in [2.75, 3.05) is 14.2 Å². The summed E-state index contributed by atoms with van der Waals surface area (Å²) in [6.07, 6.45) is 0.125. The predicted octanol–water partition coefficient (Wildman–Crippen LogP) is 3.27. The SMILES string of the molecule is COc1ccc(C(=O)Cc2cccc(F)c2)c(OC)c1. The third-order valence-corrected chi connectivity index (χ3v) is 2.96. The zero-order valence-electron chi connectivity index (χ0n) is 11.4. The number of methoxy groups -OCH3 is 2. The fraction of sp³-hybridized carbons (Fsp3) is 0.188. The third kappa shape index (κ3) is 3.15. The number of Topliss-reactive ketones (excluding diaryl/α,β-unsaturated/α-hetero) is 1. The maximum atomic E-state index is 13.1. The second kappa shape index (κ2) is 6.19. The van der Waals surface area contributed by atoms with Crippen molar-refractivity contribution in [1.82, 2.24) is 0 Å². The molecule has 2 aromatic carbocycles.